The van der Waals surface area contributed by atoms with Gasteiger partial charge in [0.2, 0.25) is 5.78 Å². The smallest absolute Gasteiger partial charge is 0.339 e. The fourth-order valence-corrected chi connectivity index (χ4v) is 3.00. The van der Waals surface area contributed by atoms with Crippen LogP contribution in [0.5, 0.6) is 0 Å². The maximum Gasteiger partial charge on any atom is 0.339 e. The number of ketones is 1. The number of hydrogen-bond acceptors (Lipinski definition) is 5. The molecule has 1 heterocycles. The Labute approximate surface area is 165 Å². The molecule has 0 spiro atoms. The fraction of sp³-hybridized carbons (Fsp3) is 0.409. The summed E-state index contributed by atoms with van der Waals surface area (Å²) in [5, 5.41) is 0. The van der Waals surface area contributed by atoms with E-state index in [1.165, 1.54) is 14.0 Å². The van der Waals surface area contributed by atoms with E-state index in [4.69, 9.17) is 9.47 Å². The zero-order chi connectivity index (χ0) is 21.2. The zero-order valence-electron chi connectivity index (χ0n) is 17.4. The van der Waals surface area contributed by atoms with Crippen molar-refractivity contribution in [2.45, 2.75) is 53.1 Å². The minimum atomic E-state index is -1.00. The third-order valence-corrected chi connectivity index (χ3v) is 4.71. The molecule has 0 aliphatic carbocycles. The highest BCUT2D eigenvalue weighted by Crippen LogP contribution is 2.23. The van der Waals surface area contributed by atoms with Gasteiger partial charge in [-0.2, -0.15) is 0 Å². The lowest BCUT2D eigenvalue weighted by atomic mass is 9.87. The average molecular weight is 385 g/mol. The molecule has 150 valence electrons. The fourth-order valence-electron chi connectivity index (χ4n) is 3.00. The number of methoxy groups -OCH3 is 1. The summed E-state index contributed by atoms with van der Waals surface area (Å²) in [7, 11) is 1.28. The van der Waals surface area contributed by atoms with Crippen molar-refractivity contribution >= 4 is 17.7 Å². The maximum absolute atomic E-state index is 12.7. The van der Waals surface area contributed by atoms with E-state index in [0.29, 0.717) is 22.4 Å². The molecule has 1 aromatic carbocycles. The SMILES string of the molecule is COC(=O)c1c(C)[nH]c(C(=O)[C@@H](C)OC(=O)c2ccc(C(C)(C)C)cc2)c1C. The summed E-state index contributed by atoms with van der Waals surface area (Å²) < 4.78 is 10.1. The number of carbonyl (C=O) groups is 3. The van der Waals surface area contributed by atoms with Crippen molar-refractivity contribution in [3.8, 4) is 0 Å². The summed E-state index contributed by atoms with van der Waals surface area (Å²) >= 11 is 0. The molecule has 0 saturated heterocycles. The van der Waals surface area contributed by atoms with Crippen LogP contribution in [-0.2, 0) is 14.9 Å². The quantitative estimate of drug-likeness (QED) is 0.617. The van der Waals surface area contributed by atoms with Crippen molar-refractivity contribution in [1.29, 1.82) is 0 Å². The largest absolute Gasteiger partial charge is 0.465 e. The summed E-state index contributed by atoms with van der Waals surface area (Å²) in [5.41, 5.74) is 3.02. The molecule has 0 saturated carbocycles. The van der Waals surface area contributed by atoms with Gasteiger partial charge in [0, 0.05) is 5.69 Å². The Hall–Kier alpha value is -2.89. The minimum absolute atomic E-state index is 0.0218. The van der Waals surface area contributed by atoms with Gasteiger partial charge in [-0.25, -0.2) is 9.59 Å². The first-order valence-electron chi connectivity index (χ1n) is 9.10. The van der Waals surface area contributed by atoms with Crippen molar-refractivity contribution in [3.05, 3.63) is 57.9 Å². The minimum Gasteiger partial charge on any atom is -0.465 e. The van der Waals surface area contributed by atoms with Crippen LogP contribution in [0.15, 0.2) is 24.3 Å². The van der Waals surface area contributed by atoms with Gasteiger partial charge in [-0.15, -0.1) is 0 Å². The molecule has 6 nitrogen and oxygen atoms in total. The number of carbonyl (C=O) groups excluding carboxylic acids is 3. The molecule has 0 bridgehead atoms. The highest BCUT2D eigenvalue weighted by molar-refractivity contribution is 6.04. The van der Waals surface area contributed by atoms with Crippen molar-refractivity contribution < 1.29 is 23.9 Å². The number of hydrogen-bond donors (Lipinski definition) is 1. The first-order chi connectivity index (χ1) is 13.0. The lowest BCUT2D eigenvalue weighted by Gasteiger charge is -2.19. The lowest BCUT2D eigenvalue weighted by Crippen LogP contribution is -2.25. The number of aromatic nitrogens is 1. The number of aromatic amines is 1. The number of nitrogens with one attached hydrogen (secondary N) is 1. The molecule has 0 amide bonds. The van der Waals surface area contributed by atoms with E-state index in [0.717, 1.165) is 5.56 Å². The van der Waals surface area contributed by atoms with E-state index < -0.39 is 23.8 Å². The average Bonchev–Trinajstić information content (AvgIpc) is 2.94. The number of benzene rings is 1. The Morgan fingerprint density at radius 3 is 2.07 bits per heavy atom. The molecule has 0 aliphatic heterocycles. The molecule has 2 rings (SSSR count). The Morgan fingerprint density at radius 1 is 1.00 bits per heavy atom. The van der Waals surface area contributed by atoms with E-state index >= 15 is 0 Å². The van der Waals surface area contributed by atoms with Crippen LogP contribution in [0.4, 0.5) is 0 Å². The molecular weight excluding hydrogens is 358 g/mol. The van der Waals surface area contributed by atoms with Gasteiger partial charge in [0.1, 0.15) is 0 Å². The molecular formula is C22H27NO5. The Balaban J connectivity index is 2.16. The predicted molar refractivity (Wildman–Crippen MR) is 106 cm³/mol. The highest BCUT2D eigenvalue weighted by Gasteiger charge is 2.27. The zero-order valence-corrected chi connectivity index (χ0v) is 17.4. The first-order valence-corrected chi connectivity index (χ1v) is 9.10. The summed E-state index contributed by atoms with van der Waals surface area (Å²) in [6.45, 7) is 11.1. The second-order valence-electron chi connectivity index (χ2n) is 7.86. The first kappa shape index (κ1) is 21.4. The number of H-pyrrole nitrogens is 1. The van der Waals surface area contributed by atoms with Gasteiger partial charge in [-0.05, 0) is 49.4 Å². The van der Waals surface area contributed by atoms with Gasteiger partial charge in [-0.3, -0.25) is 4.79 Å². The second kappa shape index (κ2) is 8.00. The Kier molecular flexibility index (Phi) is 6.12. The van der Waals surface area contributed by atoms with Crippen molar-refractivity contribution in [2.75, 3.05) is 7.11 Å². The van der Waals surface area contributed by atoms with Crippen molar-refractivity contribution in [1.82, 2.24) is 4.98 Å². The van der Waals surface area contributed by atoms with E-state index in [2.05, 4.69) is 25.8 Å². The summed E-state index contributed by atoms with van der Waals surface area (Å²) in [5.74, 6) is -1.50. The van der Waals surface area contributed by atoms with Gasteiger partial charge >= 0.3 is 11.9 Å². The second-order valence-corrected chi connectivity index (χ2v) is 7.86. The molecule has 1 aromatic heterocycles. The number of Topliss-reactive ketones (excluding diaryl/α,β-unsaturated/α-hetero) is 1. The van der Waals surface area contributed by atoms with Crippen molar-refractivity contribution in [3.63, 3.8) is 0 Å². The van der Waals surface area contributed by atoms with Crippen LogP contribution in [0.1, 0.15) is 75.7 Å². The van der Waals surface area contributed by atoms with Crippen molar-refractivity contribution in [2.24, 2.45) is 0 Å². The van der Waals surface area contributed by atoms with Crippen LogP contribution in [-0.4, -0.2) is 35.9 Å². The highest BCUT2D eigenvalue weighted by atomic mass is 16.5. The van der Waals surface area contributed by atoms with Crippen LogP contribution < -0.4 is 0 Å². The van der Waals surface area contributed by atoms with Crippen LogP contribution in [0.3, 0.4) is 0 Å². The topological polar surface area (TPSA) is 85.5 Å². The van der Waals surface area contributed by atoms with Gasteiger partial charge in [-0.1, -0.05) is 32.9 Å². The normalized spacial score (nSPS) is 12.4. The molecule has 0 unspecified atom stereocenters. The Morgan fingerprint density at radius 2 is 1.57 bits per heavy atom. The number of rotatable bonds is 5. The molecule has 6 heteroatoms. The van der Waals surface area contributed by atoms with E-state index in [9.17, 15) is 14.4 Å². The molecule has 0 fully saturated rings. The van der Waals surface area contributed by atoms with Crippen LogP contribution in [0, 0.1) is 13.8 Å². The maximum atomic E-state index is 12.7. The molecule has 0 radical (unpaired) electrons. The number of esters is 2. The summed E-state index contributed by atoms with van der Waals surface area (Å²) in [6.07, 6.45) is -1.00. The molecule has 1 N–H and O–H groups in total. The van der Waals surface area contributed by atoms with E-state index in [1.807, 2.05) is 12.1 Å². The van der Waals surface area contributed by atoms with E-state index in [1.54, 1.807) is 26.0 Å². The molecule has 1 atom stereocenters. The van der Waals surface area contributed by atoms with Gasteiger partial charge < -0.3 is 14.5 Å². The summed E-state index contributed by atoms with van der Waals surface area (Å²) in [4.78, 5) is 39.9. The van der Waals surface area contributed by atoms with Gasteiger partial charge in [0.15, 0.2) is 6.10 Å². The number of ether oxygens (including phenoxy) is 2. The van der Waals surface area contributed by atoms with Crippen LogP contribution in [0.2, 0.25) is 0 Å². The standard InChI is InChI=1S/C22H27NO5/c1-12-17(21(26)27-7)13(2)23-18(12)19(24)14(3)28-20(25)15-8-10-16(11-9-15)22(4,5)6/h8-11,14,23H,1-7H3/t14-/m1/s1. The monoisotopic (exact) mass is 385 g/mol. The van der Waals surface area contributed by atoms with E-state index in [-0.39, 0.29) is 11.1 Å². The summed E-state index contributed by atoms with van der Waals surface area (Å²) in [6, 6.07) is 7.15. The third-order valence-electron chi connectivity index (χ3n) is 4.71. The lowest BCUT2D eigenvalue weighted by molar-refractivity contribution is 0.0316. The Bertz CT molecular complexity index is 900. The van der Waals surface area contributed by atoms with Gasteiger partial charge in [0.05, 0.1) is 23.9 Å². The molecule has 28 heavy (non-hydrogen) atoms. The third kappa shape index (κ3) is 4.32. The van der Waals surface area contributed by atoms with Gasteiger partial charge in [0.25, 0.3) is 0 Å². The molecule has 0 aliphatic rings. The predicted octanol–water partition coefficient (Wildman–Crippen LogP) is 4.14. The van der Waals surface area contributed by atoms with Crippen LogP contribution in [0.25, 0.3) is 0 Å². The van der Waals surface area contributed by atoms with Crippen LogP contribution >= 0.6 is 0 Å². The number of aryl methyl sites for hydroxylation is 1. The molecule has 2 aromatic rings.